The van der Waals surface area contributed by atoms with E-state index in [-0.39, 0.29) is 0 Å². The van der Waals surface area contributed by atoms with Crippen molar-refractivity contribution < 1.29 is 18.9 Å². The zero-order valence-electron chi connectivity index (χ0n) is 45.1. The molecule has 8 rings (SSSR count). The lowest BCUT2D eigenvalue weighted by Gasteiger charge is -2.13. The van der Waals surface area contributed by atoms with Crippen molar-refractivity contribution >= 4 is 32.3 Å². The molecule has 76 heavy (non-hydrogen) atoms. The van der Waals surface area contributed by atoms with Gasteiger partial charge in [0.15, 0.2) is 0 Å². The van der Waals surface area contributed by atoms with E-state index < -0.39 is 0 Å². The molecule has 4 N–H and O–H groups in total. The molecule has 0 saturated carbocycles. The van der Waals surface area contributed by atoms with Gasteiger partial charge >= 0.3 is 0 Å². The minimum Gasteiger partial charge on any atom is -0.497 e. The van der Waals surface area contributed by atoms with Crippen molar-refractivity contribution in [1.29, 1.82) is 0 Å². The summed E-state index contributed by atoms with van der Waals surface area (Å²) in [6, 6.07) is 29.7. The average Bonchev–Trinajstić information content (AvgIpc) is 4.16. The highest BCUT2D eigenvalue weighted by Crippen LogP contribution is 2.37. The predicted molar refractivity (Wildman–Crippen MR) is 305 cm³/mol. The molecule has 0 aliphatic rings. The normalized spacial score (nSPS) is 11.3. The van der Waals surface area contributed by atoms with E-state index in [0.29, 0.717) is 0 Å². The third-order valence-electron chi connectivity index (χ3n) is 13.7. The zero-order chi connectivity index (χ0) is 52.6. The summed E-state index contributed by atoms with van der Waals surface area (Å²) in [5.41, 5.74) is 6.36. The van der Waals surface area contributed by atoms with E-state index in [0.717, 1.165) is 161 Å². The molecule has 8 aromatic rings. The Hall–Kier alpha value is -7.20. The van der Waals surface area contributed by atoms with E-state index in [9.17, 15) is 0 Å². The van der Waals surface area contributed by atoms with Gasteiger partial charge in [0.1, 0.15) is 23.0 Å². The van der Waals surface area contributed by atoms with Crippen LogP contribution in [-0.4, -0.2) is 84.6 Å². The van der Waals surface area contributed by atoms with Crippen LogP contribution in [0.4, 0.5) is 0 Å². The molecule has 0 unspecified atom stereocenters. The van der Waals surface area contributed by atoms with E-state index in [2.05, 4.69) is 114 Å². The average molecular weight is 1030 g/mol. The van der Waals surface area contributed by atoms with Crippen molar-refractivity contribution in [3.8, 4) is 46.7 Å². The summed E-state index contributed by atoms with van der Waals surface area (Å²) in [5.74, 6) is 17.3. The smallest absolute Gasteiger partial charge is 0.122 e. The van der Waals surface area contributed by atoms with Gasteiger partial charge < -0.3 is 40.2 Å². The Kier molecular flexibility index (Phi) is 21.6. The first-order valence-electron chi connectivity index (χ1n) is 27.2. The summed E-state index contributed by atoms with van der Waals surface area (Å²) in [4.78, 5) is 0. The second-order valence-corrected chi connectivity index (χ2v) is 19.4. The molecule has 14 heteroatoms. The van der Waals surface area contributed by atoms with Crippen LogP contribution in [0.1, 0.15) is 111 Å². The van der Waals surface area contributed by atoms with Crippen molar-refractivity contribution in [2.45, 2.75) is 116 Å². The Morgan fingerprint density at radius 2 is 0.803 bits per heavy atom. The summed E-state index contributed by atoms with van der Waals surface area (Å²) in [6.45, 7) is 7.90. The number of unbranched alkanes of at least 4 members (excludes halogenated alkanes) is 10. The highest BCUT2D eigenvalue weighted by Gasteiger charge is 2.13. The van der Waals surface area contributed by atoms with Gasteiger partial charge in [0.2, 0.25) is 0 Å². The number of benzene rings is 6. The third-order valence-corrected chi connectivity index (χ3v) is 13.7. The molecule has 6 aromatic carbocycles. The summed E-state index contributed by atoms with van der Waals surface area (Å²) in [6.07, 6.45) is 17.6. The van der Waals surface area contributed by atoms with Crippen molar-refractivity contribution in [2.75, 3.05) is 54.6 Å². The van der Waals surface area contributed by atoms with Crippen LogP contribution in [0.5, 0.6) is 23.0 Å². The second kappa shape index (κ2) is 29.8. The highest BCUT2D eigenvalue weighted by molar-refractivity contribution is 6.24. The summed E-state index contributed by atoms with van der Waals surface area (Å²) < 4.78 is 25.3. The quantitative estimate of drug-likeness (QED) is 0.0181. The number of nitrogens with zero attached hydrogens (tertiary/aromatic N) is 6. The topological polar surface area (TPSA) is 146 Å². The fraction of sp³-hybridized carbons (Fsp3) is 0.419. The number of ether oxygens (including phenoxy) is 4. The first-order valence-corrected chi connectivity index (χ1v) is 27.2. The van der Waals surface area contributed by atoms with Crippen LogP contribution in [-0.2, 0) is 39.3 Å². The standard InChI is InChI=1S/C62H76N10O4/c1-73-55-35-47(36-56(39-55)74-2)41-65-31-33-71-45-53(67-69-71)43-63-29-17-13-9-5-7-11-15-19-49-21-23-51-26-28-60-50(22-24-52-25-27-59(49)61(51)62(52)60)20-16-12-8-6-10-14-18-30-64-44-54-46-72(70-68-54)34-32-66-42-48-37-57(75-3)40-58(38-48)76-4/h21-28,35-40,45-46,63-66H,5-14,17-18,29-34,41-44H2,1-4H3. The van der Waals surface area contributed by atoms with Crippen LogP contribution in [0, 0.1) is 23.7 Å². The highest BCUT2D eigenvalue weighted by atomic mass is 16.5. The van der Waals surface area contributed by atoms with Crippen molar-refractivity contribution in [2.24, 2.45) is 0 Å². The van der Waals surface area contributed by atoms with E-state index in [4.69, 9.17) is 18.9 Å². The zero-order valence-corrected chi connectivity index (χ0v) is 45.1. The van der Waals surface area contributed by atoms with Gasteiger partial charge in [-0.1, -0.05) is 109 Å². The Balaban J connectivity index is 0.672. The molecule has 0 fully saturated rings. The maximum absolute atomic E-state index is 5.38. The molecule has 0 amide bonds. The number of hydrogen-bond acceptors (Lipinski definition) is 12. The minimum atomic E-state index is 0.718. The third kappa shape index (κ3) is 16.4. The molecular formula is C62H76N10O4. The van der Waals surface area contributed by atoms with E-state index >= 15 is 0 Å². The molecule has 0 atom stereocenters. The maximum Gasteiger partial charge on any atom is 0.122 e. The van der Waals surface area contributed by atoms with Gasteiger partial charge in [0, 0.05) is 87.8 Å². The first kappa shape index (κ1) is 55.0. The molecule has 14 nitrogen and oxygen atoms in total. The number of nitrogens with one attached hydrogen (secondary N) is 4. The molecule has 0 aliphatic carbocycles. The lowest BCUT2D eigenvalue weighted by molar-refractivity contribution is 0.392. The molecule has 0 bridgehead atoms. The Bertz CT molecular complexity index is 2920. The maximum atomic E-state index is 5.38. The van der Waals surface area contributed by atoms with Gasteiger partial charge in [-0.3, -0.25) is 9.36 Å². The fourth-order valence-corrected chi connectivity index (χ4v) is 9.60. The number of methoxy groups -OCH3 is 4. The molecule has 0 saturated heterocycles. The lowest BCUT2D eigenvalue weighted by atomic mass is 9.90. The van der Waals surface area contributed by atoms with E-state index in [1.54, 1.807) is 28.4 Å². The van der Waals surface area contributed by atoms with Crippen molar-refractivity contribution in [3.05, 3.63) is 131 Å². The Morgan fingerprint density at radius 3 is 1.22 bits per heavy atom. The molecule has 2 heterocycles. The second-order valence-electron chi connectivity index (χ2n) is 19.4. The molecule has 0 radical (unpaired) electrons. The number of rotatable bonds is 32. The van der Waals surface area contributed by atoms with E-state index in [1.807, 2.05) is 58.2 Å². The monoisotopic (exact) mass is 1020 g/mol. The number of aromatic nitrogens is 6. The first-order chi connectivity index (χ1) is 37.5. The van der Waals surface area contributed by atoms with Gasteiger partial charge in [-0.15, -0.1) is 10.2 Å². The molecule has 0 aliphatic heterocycles. The molecule has 0 spiro atoms. The van der Waals surface area contributed by atoms with Crippen LogP contribution in [0.15, 0.2) is 97.3 Å². The van der Waals surface area contributed by atoms with Gasteiger partial charge in [0.25, 0.3) is 0 Å². The van der Waals surface area contributed by atoms with Crippen molar-refractivity contribution in [1.82, 2.24) is 51.3 Å². The fourth-order valence-electron chi connectivity index (χ4n) is 9.60. The SMILES string of the molecule is COc1cc(CNCCn2cc(CNCCCCCCCC#Cc3ccc4ccc5c(C#CCCCCCCCNCc6cn(CCNCc7cc(OC)cc(OC)c7)nn6)ccc6ccc3c4c65)nn2)cc(OC)c1. The van der Waals surface area contributed by atoms with Gasteiger partial charge in [-0.25, -0.2) is 0 Å². The van der Waals surface area contributed by atoms with E-state index in [1.165, 1.54) is 70.8 Å². The summed E-state index contributed by atoms with van der Waals surface area (Å²) >= 11 is 0. The summed E-state index contributed by atoms with van der Waals surface area (Å²) in [5, 5.41) is 38.9. The van der Waals surface area contributed by atoms with Crippen LogP contribution in [0.3, 0.4) is 0 Å². The van der Waals surface area contributed by atoms with Gasteiger partial charge in [0.05, 0.1) is 52.9 Å². The van der Waals surface area contributed by atoms with Crippen LogP contribution < -0.4 is 40.2 Å². The largest absolute Gasteiger partial charge is 0.497 e. The predicted octanol–water partition coefficient (Wildman–Crippen LogP) is 10.3. The lowest BCUT2D eigenvalue weighted by Crippen LogP contribution is -2.20. The van der Waals surface area contributed by atoms with Gasteiger partial charge in [-0.05, 0) is 119 Å². The minimum absolute atomic E-state index is 0.718. The van der Waals surface area contributed by atoms with Crippen LogP contribution in [0.25, 0.3) is 32.3 Å². The Morgan fingerprint density at radius 1 is 0.421 bits per heavy atom. The van der Waals surface area contributed by atoms with Crippen molar-refractivity contribution in [3.63, 3.8) is 0 Å². The van der Waals surface area contributed by atoms with Crippen LogP contribution >= 0.6 is 0 Å². The molecular weight excluding hydrogens is 949 g/mol. The molecule has 2 aromatic heterocycles. The van der Waals surface area contributed by atoms with Crippen LogP contribution in [0.2, 0.25) is 0 Å². The summed E-state index contributed by atoms with van der Waals surface area (Å²) in [7, 11) is 6.66. The van der Waals surface area contributed by atoms with Gasteiger partial charge in [-0.2, -0.15) is 0 Å². The Labute approximate surface area is 449 Å². The molecule has 398 valence electrons. The number of hydrogen-bond donors (Lipinski definition) is 4.